The summed E-state index contributed by atoms with van der Waals surface area (Å²) >= 11 is 0. The van der Waals surface area contributed by atoms with Crippen LogP contribution in [0.25, 0.3) is 0 Å². The lowest BCUT2D eigenvalue weighted by atomic mass is 9.97. The van der Waals surface area contributed by atoms with Gasteiger partial charge in [0.15, 0.2) is 0 Å². The molecule has 1 unspecified atom stereocenters. The molecule has 1 N–H and O–H groups in total. The minimum atomic E-state index is -0.371. The lowest BCUT2D eigenvalue weighted by Gasteiger charge is -2.31. The van der Waals surface area contributed by atoms with Crippen molar-refractivity contribution in [3.05, 3.63) is 35.9 Å². The Labute approximate surface area is 143 Å². The Morgan fingerprint density at radius 3 is 2.38 bits per heavy atom. The van der Waals surface area contributed by atoms with Gasteiger partial charge in [0.1, 0.15) is 0 Å². The minimum absolute atomic E-state index is 0.0457. The zero-order chi connectivity index (χ0) is 17.4. The average Bonchev–Trinajstić information content (AvgIpc) is 2.64. The summed E-state index contributed by atoms with van der Waals surface area (Å²) < 4.78 is 5.32. The van der Waals surface area contributed by atoms with Crippen molar-refractivity contribution in [2.24, 2.45) is 0 Å². The maximum absolute atomic E-state index is 12.9. The fourth-order valence-electron chi connectivity index (χ4n) is 2.85. The summed E-state index contributed by atoms with van der Waals surface area (Å²) in [5.74, 6) is -0.326. The number of nitrogens with zero attached hydrogens (tertiary/aromatic N) is 2. The number of urea groups is 1. The molecular weight excluding hydrogens is 306 g/mol. The van der Waals surface area contributed by atoms with Crippen molar-refractivity contribution in [2.45, 2.75) is 19.8 Å². The van der Waals surface area contributed by atoms with E-state index in [1.165, 1.54) is 0 Å². The van der Waals surface area contributed by atoms with Gasteiger partial charge in [0.25, 0.3) is 0 Å². The largest absolute Gasteiger partial charge is 0.378 e. The van der Waals surface area contributed by atoms with Gasteiger partial charge in [-0.25, -0.2) is 4.79 Å². The predicted octanol–water partition coefficient (Wildman–Crippen LogP) is 1.68. The van der Waals surface area contributed by atoms with Crippen LogP contribution in [0.15, 0.2) is 30.3 Å². The van der Waals surface area contributed by atoms with E-state index in [-0.39, 0.29) is 17.9 Å². The molecule has 0 spiro atoms. The second kappa shape index (κ2) is 9.27. The first-order chi connectivity index (χ1) is 11.7. The van der Waals surface area contributed by atoms with Crippen LogP contribution in [-0.4, -0.2) is 67.7 Å². The molecule has 2 rings (SSSR count). The lowest BCUT2D eigenvalue weighted by molar-refractivity contribution is -0.136. The molecule has 1 aromatic carbocycles. The van der Waals surface area contributed by atoms with Crippen molar-refractivity contribution in [1.29, 1.82) is 0 Å². The Morgan fingerprint density at radius 2 is 1.79 bits per heavy atom. The van der Waals surface area contributed by atoms with E-state index < -0.39 is 0 Å². The summed E-state index contributed by atoms with van der Waals surface area (Å²) in [5, 5.41) is 2.91. The second-order valence-corrected chi connectivity index (χ2v) is 5.76. The van der Waals surface area contributed by atoms with Gasteiger partial charge in [0.05, 0.1) is 19.1 Å². The van der Waals surface area contributed by atoms with Crippen molar-refractivity contribution in [1.82, 2.24) is 15.1 Å². The number of ether oxygens (including phenoxy) is 1. The molecule has 1 atom stereocenters. The number of benzene rings is 1. The first kappa shape index (κ1) is 18.3. The molecule has 1 fully saturated rings. The van der Waals surface area contributed by atoms with E-state index >= 15 is 0 Å². The van der Waals surface area contributed by atoms with Crippen LogP contribution in [0.2, 0.25) is 0 Å². The van der Waals surface area contributed by atoms with Gasteiger partial charge in [-0.3, -0.25) is 4.79 Å². The van der Waals surface area contributed by atoms with Gasteiger partial charge >= 0.3 is 6.03 Å². The average molecular weight is 333 g/mol. The number of morpholine rings is 1. The molecule has 0 radical (unpaired) electrons. The fraction of sp³-hybridized carbons (Fsp3) is 0.556. The Balaban J connectivity index is 2.08. The Hall–Kier alpha value is -2.08. The van der Waals surface area contributed by atoms with E-state index in [9.17, 15) is 9.59 Å². The molecule has 1 aliphatic heterocycles. The standard InChI is InChI=1S/C18H27N3O3/c1-3-20(4-2)18(23)19-14-16(15-8-6-5-7-9-15)17(22)21-10-12-24-13-11-21/h5-9,16H,3-4,10-14H2,1-2H3,(H,19,23). The SMILES string of the molecule is CCN(CC)C(=O)NCC(C(=O)N1CCOCC1)c1ccccc1. The number of rotatable bonds is 6. The highest BCUT2D eigenvalue weighted by Gasteiger charge is 2.27. The number of carbonyl (C=O) groups excluding carboxylic acids is 2. The summed E-state index contributed by atoms with van der Waals surface area (Å²) in [7, 11) is 0. The molecule has 24 heavy (non-hydrogen) atoms. The lowest BCUT2D eigenvalue weighted by Crippen LogP contribution is -2.47. The Kier molecular flexibility index (Phi) is 7.06. The van der Waals surface area contributed by atoms with Crippen LogP contribution in [0.3, 0.4) is 0 Å². The first-order valence-electron chi connectivity index (χ1n) is 8.61. The number of hydrogen-bond acceptors (Lipinski definition) is 3. The maximum Gasteiger partial charge on any atom is 0.317 e. The molecule has 3 amide bonds. The van der Waals surface area contributed by atoms with Crippen LogP contribution >= 0.6 is 0 Å². The molecule has 1 heterocycles. The highest BCUT2D eigenvalue weighted by Crippen LogP contribution is 2.19. The summed E-state index contributed by atoms with van der Waals surface area (Å²) in [6.45, 7) is 7.82. The summed E-state index contributed by atoms with van der Waals surface area (Å²) in [4.78, 5) is 28.7. The molecule has 1 aliphatic rings. The van der Waals surface area contributed by atoms with Gasteiger partial charge in [-0.1, -0.05) is 30.3 Å². The third-order valence-electron chi connectivity index (χ3n) is 4.33. The molecule has 132 valence electrons. The van der Waals surface area contributed by atoms with Gasteiger partial charge in [-0.15, -0.1) is 0 Å². The van der Waals surface area contributed by atoms with Crippen molar-refractivity contribution in [3.63, 3.8) is 0 Å². The zero-order valence-electron chi connectivity index (χ0n) is 14.5. The number of carbonyl (C=O) groups is 2. The molecule has 6 nitrogen and oxygen atoms in total. The Morgan fingerprint density at radius 1 is 1.17 bits per heavy atom. The highest BCUT2D eigenvalue weighted by molar-refractivity contribution is 5.85. The molecule has 0 saturated carbocycles. The van der Waals surface area contributed by atoms with E-state index in [4.69, 9.17) is 4.74 Å². The van der Waals surface area contributed by atoms with E-state index in [2.05, 4.69) is 5.32 Å². The van der Waals surface area contributed by atoms with Crippen LogP contribution in [0.1, 0.15) is 25.3 Å². The molecule has 0 aromatic heterocycles. The molecule has 1 saturated heterocycles. The van der Waals surface area contributed by atoms with E-state index in [1.807, 2.05) is 49.1 Å². The van der Waals surface area contributed by atoms with Gasteiger partial charge in [-0.2, -0.15) is 0 Å². The Bertz CT molecular complexity index is 526. The third kappa shape index (κ3) is 4.71. The number of nitrogens with one attached hydrogen (secondary N) is 1. The minimum Gasteiger partial charge on any atom is -0.378 e. The van der Waals surface area contributed by atoms with Crippen LogP contribution in [0.4, 0.5) is 4.79 Å². The van der Waals surface area contributed by atoms with Crippen molar-refractivity contribution < 1.29 is 14.3 Å². The van der Waals surface area contributed by atoms with Crippen LogP contribution in [0, 0.1) is 0 Å². The molecule has 6 heteroatoms. The summed E-state index contributed by atoms with van der Waals surface area (Å²) in [6, 6.07) is 9.51. The normalized spacial score (nSPS) is 15.7. The highest BCUT2D eigenvalue weighted by atomic mass is 16.5. The van der Waals surface area contributed by atoms with Crippen LogP contribution < -0.4 is 5.32 Å². The molecule has 1 aromatic rings. The molecule has 0 aliphatic carbocycles. The summed E-state index contributed by atoms with van der Waals surface area (Å²) in [6.07, 6.45) is 0. The fourth-order valence-corrected chi connectivity index (χ4v) is 2.85. The quantitative estimate of drug-likeness (QED) is 0.861. The summed E-state index contributed by atoms with van der Waals surface area (Å²) in [5.41, 5.74) is 0.925. The number of hydrogen-bond donors (Lipinski definition) is 1. The van der Waals surface area contributed by atoms with E-state index in [1.54, 1.807) is 4.90 Å². The van der Waals surface area contributed by atoms with Crippen molar-refractivity contribution >= 4 is 11.9 Å². The van der Waals surface area contributed by atoms with Gasteiger partial charge in [-0.05, 0) is 19.4 Å². The van der Waals surface area contributed by atoms with Crippen molar-refractivity contribution in [2.75, 3.05) is 45.9 Å². The first-order valence-corrected chi connectivity index (χ1v) is 8.61. The number of amides is 3. The van der Waals surface area contributed by atoms with Gasteiger partial charge in [0.2, 0.25) is 5.91 Å². The molecule has 0 bridgehead atoms. The van der Waals surface area contributed by atoms with Crippen LogP contribution in [-0.2, 0) is 9.53 Å². The zero-order valence-corrected chi connectivity index (χ0v) is 14.5. The van der Waals surface area contributed by atoms with Gasteiger partial charge < -0.3 is 19.9 Å². The van der Waals surface area contributed by atoms with Crippen molar-refractivity contribution in [3.8, 4) is 0 Å². The second-order valence-electron chi connectivity index (χ2n) is 5.76. The van der Waals surface area contributed by atoms with E-state index in [0.717, 1.165) is 5.56 Å². The predicted molar refractivity (Wildman–Crippen MR) is 92.9 cm³/mol. The molecular formula is C18H27N3O3. The monoisotopic (exact) mass is 333 g/mol. The van der Waals surface area contributed by atoms with Gasteiger partial charge in [0, 0.05) is 32.7 Å². The van der Waals surface area contributed by atoms with E-state index in [0.29, 0.717) is 45.9 Å². The maximum atomic E-state index is 12.9. The van der Waals surface area contributed by atoms with Crippen LogP contribution in [0.5, 0.6) is 0 Å². The smallest absolute Gasteiger partial charge is 0.317 e. The topological polar surface area (TPSA) is 61.9 Å². The third-order valence-corrected chi connectivity index (χ3v) is 4.33.